The lowest BCUT2D eigenvalue weighted by Gasteiger charge is -2.01. The molecule has 0 aliphatic carbocycles. The van der Waals surface area contributed by atoms with E-state index in [0.29, 0.717) is 0 Å². The fourth-order valence-electron chi connectivity index (χ4n) is 0.648. The molecule has 0 bridgehead atoms. The summed E-state index contributed by atoms with van der Waals surface area (Å²) in [6.07, 6.45) is 4.91. The highest BCUT2D eigenvalue weighted by molar-refractivity contribution is 4.84. The van der Waals surface area contributed by atoms with Crippen molar-refractivity contribution < 1.29 is 0 Å². The first-order chi connectivity index (χ1) is 4.85. The van der Waals surface area contributed by atoms with E-state index in [-0.39, 0.29) is 6.04 Å². The lowest BCUT2D eigenvalue weighted by molar-refractivity contribution is 0.690. The molecule has 0 aromatic rings. The van der Waals surface area contributed by atoms with Crippen LogP contribution in [0.3, 0.4) is 0 Å². The Morgan fingerprint density at radius 1 is 1.40 bits per heavy atom. The summed E-state index contributed by atoms with van der Waals surface area (Å²) in [6.45, 7) is 7.09. The number of azide groups is 1. The van der Waals surface area contributed by atoms with Crippen LogP contribution in [0, 0.1) is 0 Å². The van der Waals surface area contributed by atoms with Crippen LogP contribution in [-0.4, -0.2) is 6.04 Å². The van der Waals surface area contributed by atoms with Gasteiger partial charge in [-0.25, -0.2) is 0 Å². The Kier molecular flexibility index (Phi) is 5.20. The summed E-state index contributed by atoms with van der Waals surface area (Å²) in [6, 6.07) is -0.000000000000000222. The zero-order valence-corrected chi connectivity index (χ0v) is 5.90. The molecule has 0 fully saturated rings. The van der Waals surface area contributed by atoms with Crippen LogP contribution >= 0.6 is 0 Å². The minimum Gasteiger partial charge on any atom is -0.103 e. The predicted molar refractivity (Wildman–Crippen MR) is 42.6 cm³/mol. The zero-order chi connectivity index (χ0) is 7.82. The first-order valence-electron chi connectivity index (χ1n) is 3.11. The molecule has 0 spiro atoms. The van der Waals surface area contributed by atoms with Crippen LogP contribution in [0.25, 0.3) is 10.4 Å². The van der Waals surface area contributed by atoms with Gasteiger partial charge in [-0.3, -0.25) is 0 Å². The molecule has 54 valence electrons. The molecule has 0 rings (SSSR count). The molecule has 0 radical (unpaired) electrons. The van der Waals surface area contributed by atoms with Crippen LogP contribution in [0.15, 0.2) is 30.4 Å². The van der Waals surface area contributed by atoms with Crippen molar-refractivity contribution in [3.8, 4) is 0 Å². The average Bonchev–Trinajstić information content (AvgIpc) is 1.90. The highest BCUT2D eigenvalue weighted by Crippen LogP contribution is 2.04. The van der Waals surface area contributed by atoms with Crippen LogP contribution in [0.5, 0.6) is 0 Å². The lowest BCUT2D eigenvalue weighted by Crippen LogP contribution is -1.98. The molecule has 0 aromatic heterocycles. The van der Waals surface area contributed by atoms with E-state index in [9.17, 15) is 0 Å². The van der Waals surface area contributed by atoms with Gasteiger partial charge in [-0.15, -0.1) is 13.2 Å². The Balaban J connectivity index is 3.81. The summed E-state index contributed by atoms with van der Waals surface area (Å²) in [7, 11) is 0. The molecular formula is C7H11N3. The molecule has 0 saturated heterocycles. The second-order valence-electron chi connectivity index (χ2n) is 1.91. The van der Waals surface area contributed by atoms with Gasteiger partial charge in [0.05, 0.1) is 0 Å². The second-order valence-corrected chi connectivity index (χ2v) is 1.91. The zero-order valence-electron chi connectivity index (χ0n) is 5.90. The van der Waals surface area contributed by atoms with Gasteiger partial charge in [0.15, 0.2) is 0 Å². The lowest BCUT2D eigenvalue weighted by atomic mass is 10.1. The monoisotopic (exact) mass is 137 g/mol. The van der Waals surface area contributed by atoms with Crippen molar-refractivity contribution in [3.63, 3.8) is 0 Å². The van der Waals surface area contributed by atoms with E-state index in [0.717, 1.165) is 12.8 Å². The smallest absolute Gasteiger partial charge is 0.0442 e. The third kappa shape index (κ3) is 3.75. The van der Waals surface area contributed by atoms with E-state index in [1.165, 1.54) is 0 Å². The minimum absolute atomic E-state index is 0.000000000000000222. The fraction of sp³-hybridized carbons (Fsp3) is 0.429. The van der Waals surface area contributed by atoms with Gasteiger partial charge in [0.25, 0.3) is 0 Å². The standard InChI is InChI=1S/C7H11N3/c1-3-5-7(6-4-2)9-10-8/h3-4,7H,1-2,5-6H2. The van der Waals surface area contributed by atoms with Gasteiger partial charge < -0.3 is 0 Å². The largest absolute Gasteiger partial charge is 0.103 e. The summed E-state index contributed by atoms with van der Waals surface area (Å²) < 4.78 is 0. The van der Waals surface area contributed by atoms with Crippen LogP contribution < -0.4 is 0 Å². The van der Waals surface area contributed by atoms with E-state index in [1.807, 2.05) is 0 Å². The maximum Gasteiger partial charge on any atom is 0.0442 e. The third-order valence-corrected chi connectivity index (χ3v) is 1.09. The van der Waals surface area contributed by atoms with Gasteiger partial charge in [-0.1, -0.05) is 17.3 Å². The van der Waals surface area contributed by atoms with Crippen LogP contribution in [0.1, 0.15) is 12.8 Å². The van der Waals surface area contributed by atoms with Crippen molar-refractivity contribution in [3.05, 3.63) is 35.8 Å². The first-order valence-corrected chi connectivity index (χ1v) is 3.11. The molecule has 0 aliphatic rings. The molecule has 3 heteroatoms. The normalized spacial score (nSPS) is 8.50. The van der Waals surface area contributed by atoms with Gasteiger partial charge in [-0.05, 0) is 18.4 Å². The Bertz CT molecular complexity index is 146. The molecule has 0 amide bonds. The van der Waals surface area contributed by atoms with Gasteiger partial charge >= 0.3 is 0 Å². The third-order valence-electron chi connectivity index (χ3n) is 1.09. The quantitative estimate of drug-likeness (QED) is 0.242. The summed E-state index contributed by atoms with van der Waals surface area (Å²) >= 11 is 0. The van der Waals surface area contributed by atoms with Gasteiger partial charge in [0.2, 0.25) is 0 Å². The number of hydrogen-bond acceptors (Lipinski definition) is 1. The molecule has 0 heterocycles. The van der Waals surface area contributed by atoms with E-state index >= 15 is 0 Å². The van der Waals surface area contributed by atoms with Crippen molar-refractivity contribution in [1.29, 1.82) is 0 Å². The van der Waals surface area contributed by atoms with Crippen LogP contribution in [0.2, 0.25) is 0 Å². The molecule has 0 atom stereocenters. The van der Waals surface area contributed by atoms with Gasteiger partial charge in [0, 0.05) is 11.0 Å². The molecule has 0 aliphatic heterocycles. The Hall–Kier alpha value is -1.21. The van der Waals surface area contributed by atoms with E-state index in [4.69, 9.17) is 5.53 Å². The maximum absolute atomic E-state index is 8.08. The molecule has 0 unspecified atom stereocenters. The minimum atomic E-state index is -0.000000000000000222. The molecule has 0 saturated carbocycles. The van der Waals surface area contributed by atoms with Crippen molar-refractivity contribution in [2.75, 3.05) is 0 Å². The SMILES string of the molecule is C=CCC(CC=C)N=[N+]=[N-]. The van der Waals surface area contributed by atoms with Crippen LogP contribution in [-0.2, 0) is 0 Å². The molecular weight excluding hydrogens is 126 g/mol. The van der Waals surface area contributed by atoms with Crippen molar-refractivity contribution in [2.45, 2.75) is 18.9 Å². The van der Waals surface area contributed by atoms with Crippen molar-refractivity contribution in [2.24, 2.45) is 5.11 Å². The molecule has 3 nitrogen and oxygen atoms in total. The van der Waals surface area contributed by atoms with Gasteiger partial charge in [-0.2, -0.15) is 0 Å². The first kappa shape index (κ1) is 8.79. The summed E-state index contributed by atoms with van der Waals surface area (Å²) in [5.41, 5.74) is 8.08. The highest BCUT2D eigenvalue weighted by atomic mass is 15.1. The number of rotatable bonds is 5. The summed E-state index contributed by atoms with van der Waals surface area (Å²) in [5, 5.41) is 3.54. The average molecular weight is 137 g/mol. The fourth-order valence-corrected chi connectivity index (χ4v) is 0.648. The Morgan fingerprint density at radius 3 is 2.20 bits per heavy atom. The van der Waals surface area contributed by atoms with E-state index < -0.39 is 0 Å². The molecule has 10 heavy (non-hydrogen) atoms. The topological polar surface area (TPSA) is 48.8 Å². The number of hydrogen-bond donors (Lipinski definition) is 0. The molecule has 0 aromatic carbocycles. The second kappa shape index (κ2) is 5.92. The van der Waals surface area contributed by atoms with Crippen molar-refractivity contribution in [1.82, 2.24) is 0 Å². The Morgan fingerprint density at radius 2 is 1.90 bits per heavy atom. The van der Waals surface area contributed by atoms with Gasteiger partial charge in [0.1, 0.15) is 0 Å². The van der Waals surface area contributed by atoms with E-state index in [2.05, 4.69) is 23.2 Å². The maximum atomic E-state index is 8.08. The summed E-state index contributed by atoms with van der Waals surface area (Å²) in [4.78, 5) is 2.70. The predicted octanol–water partition coefficient (Wildman–Crippen LogP) is 2.82. The van der Waals surface area contributed by atoms with Crippen molar-refractivity contribution >= 4 is 0 Å². The van der Waals surface area contributed by atoms with E-state index in [1.54, 1.807) is 12.2 Å². The number of nitrogens with zero attached hydrogens (tertiary/aromatic N) is 3. The summed E-state index contributed by atoms with van der Waals surface area (Å²) in [5.74, 6) is 0. The Labute approximate surface area is 60.7 Å². The highest BCUT2D eigenvalue weighted by Gasteiger charge is 1.98. The van der Waals surface area contributed by atoms with Crippen LogP contribution in [0.4, 0.5) is 0 Å². The molecule has 0 N–H and O–H groups in total.